The number of allylic oxidation sites excluding steroid dienone is 2. The smallest absolute Gasteiger partial charge is 0.315 e. The van der Waals surface area contributed by atoms with Gasteiger partial charge in [0.15, 0.2) is 31.5 Å². The van der Waals surface area contributed by atoms with E-state index in [9.17, 15) is 86.8 Å². The highest BCUT2D eigenvalue weighted by Gasteiger charge is 2.71. The molecule has 5 aliphatic carbocycles. The van der Waals surface area contributed by atoms with Gasteiger partial charge < -0.3 is 144 Å². The van der Waals surface area contributed by atoms with Gasteiger partial charge in [0, 0.05) is 5.41 Å². The molecule has 6 heterocycles. The van der Waals surface area contributed by atoms with E-state index < -0.39 is 226 Å². The fraction of sp³-hybridized carbons (Fsp3) is 0.953. The number of hydrogen-bond donors (Lipinski definition) is 17. The van der Waals surface area contributed by atoms with Crippen LogP contribution in [0.2, 0.25) is 0 Å². The van der Waals surface area contributed by atoms with Gasteiger partial charge in [-0.05, 0) is 117 Å². The van der Waals surface area contributed by atoms with E-state index in [2.05, 4.69) is 40.7 Å². The third kappa shape index (κ3) is 12.5. The van der Waals surface area contributed by atoms with E-state index in [0.29, 0.717) is 57.8 Å². The van der Waals surface area contributed by atoms with Gasteiger partial charge >= 0.3 is 5.97 Å². The van der Waals surface area contributed by atoms with Crippen LogP contribution < -0.4 is 0 Å². The number of ether oxygens (including phenoxy) is 12. The highest BCUT2D eigenvalue weighted by Crippen LogP contribution is 2.76. The molecular formula is C64H104O30. The maximum absolute atomic E-state index is 15.2. The topological polar surface area (TPSA) is 472 Å². The van der Waals surface area contributed by atoms with Gasteiger partial charge in [0.05, 0.1) is 56.8 Å². The average molecular weight is 1350 g/mol. The molecular weight excluding hydrogens is 1250 g/mol. The summed E-state index contributed by atoms with van der Waals surface area (Å²) in [5, 5.41) is 185. The molecule has 17 N–H and O–H groups in total. The van der Waals surface area contributed by atoms with E-state index in [0.717, 1.165) is 12.0 Å². The summed E-state index contributed by atoms with van der Waals surface area (Å²) in [7, 11) is 0. The number of fused-ring (bicyclic) bond motifs is 7. The Morgan fingerprint density at radius 2 is 1.07 bits per heavy atom. The van der Waals surface area contributed by atoms with Crippen molar-refractivity contribution in [2.75, 3.05) is 33.0 Å². The van der Waals surface area contributed by atoms with Crippen LogP contribution in [0.3, 0.4) is 0 Å². The summed E-state index contributed by atoms with van der Waals surface area (Å²) in [5.41, 5.74) is -2.18. The van der Waals surface area contributed by atoms with Crippen molar-refractivity contribution in [2.24, 2.45) is 50.2 Å². The van der Waals surface area contributed by atoms with Crippen molar-refractivity contribution < 1.29 is 148 Å². The van der Waals surface area contributed by atoms with Crippen molar-refractivity contribution >= 4 is 5.97 Å². The first-order valence-electron chi connectivity index (χ1n) is 33.5. The Labute approximate surface area is 545 Å². The third-order valence-electron chi connectivity index (χ3n) is 24.9. The molecule has 0 bridgehead atoms. The van der Waals surface area contributed by atoms with Crippen molar-refractivity contribution in [1.82, 2.24) is 0 Å². The lowest BCUT2D eigenvalue weighted by molar-refractivity contribution is -0.384. The quantitative estimate of drug-likeness (QED) is 0.0421. The molecule has 11 rings (SSSR count). The minimum absolute atomic E-state index is 0.0721. The molecule has 30 heteroatoms. The highest BCUT2D eigenvalue weighted by molar-refractivity contribution is 5.79. The van der Waals surface area contributed by atoms with Crippen molar-refractivity contribution in [1.29, 1.82) is 0 Å². The second kappa shape index (κ2) is 27.5. The zero-order chi connectivity index (χ0) is 68.4. The standard InChI is InChI=1S/C64H104O30/c1-25-36(69)41(74)45(78)54(86-25)91-49-30(68)22-83-53(47(49)80)92-50-37(70)26(2)87-56(48(50)81)93-51-38(71)29(67)21-84-57(51)90-35-12-13-60(5)33(61(35,6)24-66)11-14-63(8)34(60)10-9-27-28-19-59(3,4)15-17-64(28,18-16-62(27,63)7)58(82)94-55-46(79)43(76)40(73)32(89-55)23-85-52-44(77)42(75)39(72)31(20-65)88-52/h9,25-26,28-57,65-81H,10-24H2,1-8H3/t25-,26-,28-,29-,30+,31+,32+,33?,34?,35-,36-,37-,38-,39+,40+,41+,42-,43-,44+,45+,46+,47+,48+,49-,50+,51+,52+,53-,54-,55-,56-,57-,60-,61-,62+,63+,64-/m0/s1. The summed E-state index contributed by atoms with van der Waals surface area (Å²) >= 11 is 0. The zero-order valence-corrected chi connectivity index (χ0v) is 54.6. The number of rotatable bonds is 15. The summed E-state index contributed by atoms with van der Waals surface area (Å²) in [6.07, 6.45) is -37.6. The van der Waals surface area contributed by atoms with Crippen LogP contribution in [-0.4, -0.2) is 304 Å². The number of hydrogen-bond acceptors (Lipinski definition) is 30. The molecule has 2 unspecified atom stereocenters. The lowest BCUT2D eigenvalue weighted by Gasteiger charge is -2.71. The second-order valence-corrected chi connectivity index (χ2v) is 30.8. The van der Waals surface area contributed by atoms with Crippen LogP contribution in [0.5, 0.6) is 0 Å². The maximum Gasteiger partial charge on any atom is 0.315 e. The van der Waals surface area contributed by atoms with Gasteiger partial charge in [-0.1, -0.05) is 53.2 Å². The van der Waals surface area contributed by atoms with Gasteiger partial charge in [-0.2, -0.15) is 0 Å². The van der Waals surface area contributed by atoms with Gasteiger partial charge in [-0.25, -0.2) is 0 Å². The van der Waals surface area contributed by atoms with Gasteiger partial charge in [0.1, 0.15) is 122 Å². The van der Waals surface area contributed by atoms with Crippen LogP contribution in [0, 0.1) is 50.2 Å². The highest BCUT2D eigenvalue weighted by atomic mass is 16.8. The zero-order valence-electron chi connectivity index (χ0n) is 54.6. The molecule has 6 saturated heterocycles. The van der Waals surface area contributed by atoms with Gasteiger partial charge in [-0.15, -0.1) is 0 Å². The summed E-state index contributed by atoms with van der Waals surface area (Å²) in [6.45, 7) is 13.7. The Balaban J connectivity index is 0.776. The number of esters is 1. The number of carbonyl (C=O) groups excluding carboxylic acids is 1. The molecule has 540 valence electrons. The molecule has 4 saturated carbocycles. The van der Waals surface area contributed by atoms with Crippen LogP contribution in [0.15, 0.2) is 11.6 Å². The lowest BCUT2D eigenvalue weighted by atomic mass is 9.33. The van der Waals surface area contributed by atoms with Gasteiger partial charge in [-0.3, -0.25) is 4.79 Å². The van der Waals surface area contributed by atoms with E-state index in [4.69, 9.17) is 56.8 Å². The molecule has 30 nitrogen and oxygen atoms in total. The fourth-order valence-corrected chi connectivity index (χ4v) is 18.7. The van der Waals surface area contributed by atoms with Crippen LogP contribution >= 0.6 is 0 Å². The van der Waals surface area contributed by atoms with Gasteiger partial charge in [0.2, 0.25) is 6.29 Å². The first-order chi connectivity index (χ1) is 44.1. The molecule has 10 fully saturated rings. The van der Waals surface area contributed by atoms with E-state index >= 15 is 4.79 Å². The first-order valence-corrected chi connectivity index (χ1v) is 33.5. The maximum atomic E-state index is 15.2. The van der Waals surface area contributed by atoms with Crippen LogP contribution in [0.4, 0.5) is 0 Å². The molecule has 0 radical (unpaired) electrons. The minimum Gasteiger partial charge on any atom is -0.432 e. The largest absolute Gasteiger partial charge is 0.432 e. The summed E-state index contributed by atoms with van der Waals surface area (Å²) in [6, 6.07) is 0. The molecule has 6 aliphatic heterocycles. The Hall–Kier alpha value is -1.91. The third-order valence-corrected chi connectivity index (χ3v) is 24.9. The van der Waals surface area contributed by atoms with Crippen molar-refractivity contribution in [3.63, 3.8) is 0 Å². The first kappa shape index (κ1) is 73.3. The summed E-state index contributed by atoms with van der Waals surface area (Å²) in [5.74, 6) is -0.984. The molecule has 0 spiro atoms. The van der Waals surface area contributed by atoms with Crippen LogP contribution in [-0.2, 0) is 61.6 Å². The monoisotopic (exact) mass is 1350 g/mol. The normalized spacial score (nSPS) is 55.3. The minimum atomic E-state index is -1.89. The van der Waals surface area contributed by atoms with Crippen molar-refractivity contribution in [3.8, 4) is 0 Å². The molecule has 11 aliphatic rings. The molecule has 37 atom stereocenters. The van der Waals surface area contributed by atoms with Crippen molar-refractivity contribution in [3.05, 3.63) is 11.6 Å². The Bertz CT molecular complexity index is 2640. The summed E-state index contributed by atoms with van der Waals surface area (Å²) in [4.78, 5) is 15.2. The summed E-state index contributed by atoms with van der Waals surface area (Å²) < 4.78 is 71.4. The molecule has 0 amide bonds. The van der Waals surface area contributed by atoms with Crippen molar-refractivity contribution in [2.45, 2.75) is 298 Å². The van der Waals surface area contributed by atoms with E-state index in [1.807, 2.05) is 6.92 Å². The number of aliphatic hydroxyl groups excluding tert-OH is 17. The predicted octanol–water partition coefficient (Wildman–Crippen LogP) is -4.08. The Morgan fingerprint density at radius 3 is 1.76 bits per heavy atom. The molecule has 0 aromatic rings. The average Bonchev–Trinajstić information content (AvgIpc) is 0.675. The van der Waals surface area contributed by atoms with Crippen LogP contribution in [0.25, 0.3) is 0 Å². The predicted molar refractivity (Wildman–Crippen MR) is 315 cm³/mol. The Morgan fingerprint density at radius 1 is 0.511 bits per heavy atom. The van der Waals surface area contributed by atoms with E-state index in [-0.39, 0.29) is 41.8 Å². The second-order valence-electron chi connectivity index (χ2n) is 30.8. The Kier molecular flexibility index (Phi) is 21.4. The van der Waals surface area contributed by atoms with Crippen LogP contribution in [0.1, 0.15) is 120 Å². The lowest BCUT2D eigenvalue weighted by Crippen LogP contribution is -2.67. The molecule has 0 aromatic carbocycles. The SMILES string of the molecule is C[C@@H]1O[C@@H](O[C@@H]2[C@@H](O)[C@H](O[C@@H]3[C@@H](O)[C@H](C)O[C@@H](O[C@H]4[C@H](O[C@H]5CC[C@@]6(C)C(CC[C@]7(C)C6CC=C6[C@@H]8CC(C)(C)CC[C@]8(C(=O)O[C@@H]8O[C@H](CO[C@@H]9O[C@H](CO)[C@@H](O)[C@H](O)[C@H]9O)[C@@H](O)[C@H](O)[C@H]8O)CC[C@]67C)[C@]5(C)CO)OC[C@H](O)[C@@H]4O)[C@@H]3O)OC[C@H]2O)[C@H](O)[C@H](O)[C@H]1O. The fourth-order valence-electron chi connectivity index (χ4n) is 18.7. The van der Waals surface area contributed by atoms with E-state index in [1.165, 1.54) is 13.8 Å². The number of carbonyl (C=O) groups is 1. The van der Waals surface area contributed by atoms with E-state index in [1.54, 1.807) is 0 Å². The number of aliphatic hydroxyl groups is 17. The van der Waals surface area contributed by atoms with Gasteiger partial charge in [0.25, 0.3) is 0 Å². The molecule has 94 heavy (non-hydrogen) atoms. The molecule has 0 aromatic heterocycles.